The minimum atomic E-state index is -1.52. The fraction of sp³-hybridized carbons (Fsp3) is 1.00. The number of ether oxygens (including phenoxy) is 6. The second kappa shape index (κ2) is 13.4. The van der Waals surface area contributed by atoms with E-state index in [1.165, 1.54) is 25.7 Å². The fourth-order valence-corrected chi connectivity index (χ4v) is 12.8. The van der Waals surface area contributed by atoms with Gasteiger partial charge in [0.05, 0.1) is 32.0 Å². The van der Waals surface area contributed by atoms with Crippen LogP contribution < -0.4 is 0 Å². The van der Waals surface area contributed by atoms with Gasteiger partial charge in [-0.15, -0.1) is 0 Å². The van der Waals surface area contributed by atoms with Crippen LogP contribution in [0.15, 0.2) is 0 Å². The van der Waals surface area contributed by atoms with Gasteiger partial charge in [0, 0.05) is 12.3 Å². The van der Waals surface area contributed by atoms with Gasteiger partial charge in [0.25, 0.3) is 0 Å². The molecule has 50 heavy (non-hydrogen) atoms. The summed E-state index contributed by atoms with van der Waals surface area (Å²) < 4.78 is 36.8. The molecule has 4 aliphatic heterocycles. The summed E-state index contributed by atoms with van der Waals surface area (Å²) in [4.78, 5) is 0. The van der Waals surface area contributed by atoms with E-state index < -0.39 is 55.3 Å². The molecule has 8 fully saturated rings. The van der Waals surface area contributed by atoms with E-state index in [1.807, 2.05) is 0 Å². The molecule has 6 N–H and O–H groups in total. The summed E-state index contributed by atoms with van der Waals surface area (Å²) in [5.74, 6) is 3.74. The standard InChI is InChI=1S/C38H62O12/c1-18-7-12-38(47-15-18)19(2)28-26(50-38)14-24-22-6-5-20-13-21(8-10-36(20,3)23(22)9-11-37(24,28)4)48-35-33(44)31(42)30(41)27(49-35)17-46-34-32(43)29(40)25(39)16-45-34/h18-35,39-44H,5-17H2,1-4H3/t18-,19-,20+,21-,22+,23-,24-,25-,26-,27+,28+,29-,30+,31-,32+,33+,34+,35+,36-,37-,38+/m0/s1. The minimum absolute atomic E-state index is 0.156. The first-order valence-corrected chi connectivity index (χ1v) is 19.7. The molecule has 4 aliphatic carbocycles. The maximum Gasteiger partial charge on any atom is 0.186 e. The molecule has 4 saturated heterocycles. The molecule has 8 aliphatic rings. The van der Waals surface area contributed by atoms with Crippen LogP contribution in [0.5, 0.6) is 0 Å². The maximum absolute atomic E-state index is 10.9. The summed E-state index contributed by atoms with van der Waals surface area (Å²) in [7, 11) is 0. The average Bonchev–Trinajstić information content (AvgIpc) is 3.54. The summed E-state index contributed by atoms with van der Waals surface area (Å²) in [5.41, 5.74) is 0.502. The number of hydrogen-bond donors (Lipinski definition) is 6. The topological polar surface area (TPSA) is 177 Å². The lowest BCUT2D eigenvalue weighted by atomic mass is 9.44. The van der Waals surface area contributed by atoms with Crippen LogP contribution in [0.3, 0.4) is 0 Å². The Bertz CT molecular complexity index is 1210. The summed E-state index contributed by atoms with van der Waals surface area (Å²) in [6.45, 7) is 10.1. The second-order valence-corrected chi connectivity index (χ2v) is 18.3. The first kappa shape index (κ1) is 36.5. The molecule has 0 unspecified atom stereocenters. The average molecular weight is 711 g/mol. The lowest BCUT2D eigenvalue weighted by Gasteiger charge is -2.61. The van der Waals surface area contributed by atoms with Crippen molar-refractivity contribution in [3.63, 3.8) is 0 Å². The van der Waals surface area contributed by atoms with Crippen molar-refractivity contribution in [2.45, 2.75) is 165 Å². The molecule has 8 rings (SSSR count). The van der Waals surface area contributed by atoms with Crippen LogP contribution in [0.25, 0.3) is 0 Å². The Kier molecular flexibility index (Phi) is 9.76. The largest absolute Gasteiger partial charge is 0.388 e. The molecule has 12 heteroatoms. The van der Waals surface area contributed by atoms with Crippen LogP contribution in [0.1, 0.15) is 91.9 Å². The van der Waals surface area contributed by atoms with Crippen molar-refractivity contribution in [3.05, 3.63) is 0 Å². The molecule has 1 spiro atoms. The molecular weight excluding hydrogens is 648 g/mol. The Labute approximate surface area is 296 Å². The van der Waals surface area contributed by atoms with Gasteiger partial charge in [-0.05, 0) is 104 Å². The SMILES string of the molecule is C[C@H]1CC[C@@]2(OC1)O[C@H]1C[C@H]3[C@@H]4CC[C@@H]5C[C@@H](O[C@@H]6O[C@H](CO[C@H]7OC[C@H](O)[C@H](O)[C@H]7O)[C@@H](O)[C@H](O)[C@H]6O)CC[C@]5(C)[C@H]4CC[C@]3(C)[C@@H]1[C@@H]2C. The van der Waals surface area contributed by atoms with E-state index in [4.69, 9.17) is 28.4 Å². The van der Waals surface area contributed by atoms with Gasteiger partial charge >= 0.3 is 0 Å². The highest BCUT2D eigenvalue weighted by atomic mass is 16.7. The minimum Gasteiger partial charge on any atom is -0.388 e. The Morgan fingerprint density at radius 2 is 1.48 bits per heavy atom. The molecule has 4 saturated carbocycles. The zero-order chi connectivity index (χ0) is 35.3. The molecule has 12 nitrogen and oxygen atoms in total. The molecule has 286 valence electrons. The summed E-state index contributed by atoms with van der Waals surface area (Å²) in [6.07, 6.45) is -0.982. The van der Waals surface area contributed by atoms with Crippen LogP contribution in [0.2, 0.25) is 0 Å². The van der Waals surface area contributed by atoms with E-state index in [9.17, 15) is 30.6 Å². The number of aliphatic hydroxyl groups excluding tert-OH is 6. The van der Waals surface area contributed by atoms with E-state index >= 15 is 0 Å². The van der Waals surface area contributed by atoms with Crippen LogP contribution >= 0.6 is 0 Å². The Morgan fingerprint density at radius 1 is 0.720 bits per heavy atom. The van der Waals surface area contributed by atoms with Crippen LogP contribution in [-0.4, -0.2) is 124 Å². The predicted octanol–water partition coefficient (Wildman–Crippen LogP) is 2.08. The van der Waals surface area contributed by atoms with Crippen LogP contribution in [0.4, 0.5) is 0 Å². The lowest BCUT2D eigenvalue weighted by molar-refractivity contribution is -0.331. The first-order valence-electron chi connectivity index (χ1n) is 19.7. The number of fused-ring (bicyclic) bond motifs is 7. The highest BCUT2D eigenvalue weighted by molar-refractivity contribution is 5.15. The van der Waals surface area contributed by atoms with Crippen molar-refractivity contribution in [2.75, 3.05) is 19.8 Å². The smallest absolute Gasteiger partial charge is 0.186 e. The van der Waals surface area contributed by atoms with Crippen molar-refractivity contribution >= 4 is 0 Å². The van der Waals surface area contributed by atoms with Gasteiger partial charge in [0.2, 0.25) is 0 Å². The first-order chi connectivity index (χ1) is 23.8. The van der Waals surface area contributed by atoms with Crippen LogP contribution in [0, 0.1) is 52.3 Å². The van der Waals surface area contributed by atoms with Crippen molar-refractivity contribution < 1.29 is 59.1 Å². The van der Waals surface area contributed by atoms with E-state index in [0.717, 1.165) is 45.1 Å². The van der Waals surface area contributed by atoms with Gasteiger partial charge in [0.15, 0.2) is 18.4 Å². The van der Waals surface area contributed by atoms with Crippen LogP contribution in [-0.2, 0) is 28.4 Å². The molecule has 4 heterocycles. The molecular formula is C38H62O12. The normalized spacial score (nSPS) is 59.4. The number of aliphatic hydroxyl groups is 6. The van der Waals surface area contributed by atoms with E-state index in [-0.39, 0.29) is 35.9 Å². The summed E-state index contributed by atoms with van der Waals surface area (Å²) >= 11 is 0. The Hall–Kier alpha value is -0.480. The van der Waals surface area contributed by atoms with Gasteiger partial charge < -0.3 is 59.1 Å². The molecule has 0 aromatic heterocycles. The van der Waals surface area contributed by atoms with Gasteiger partial charge in [-0.3, -0.25) is 0 Å². The van der Waals surface area contributed by atoms with Gasteiger partial charge in [-0.25, -0.2) is 0 Å². The molecule has 0 aromatic carbocycles. The van der Waals surface area contributed by atoms with Crippen molar-refractivity contribution in [1.82, 2.24) is 0 Å². The third kappa shape index (κ3) is 5.77. The summed E-state index contributed by atoms with van der Waals surface area (Å²) in [5, 5.41) is 62.2. The van der Waals surface area contributed by atoms with Gasteiger partial charge in [-0.2, -0.15) is 0 Å². The third-order valence-electron chi connectivity index (χ3n) is 15.8. The quantitative estimate of drug-likeness (QED) is 0.230. The second-order valence-electron chi connectivity index (χ2n) is 18.3. The van der Waals surface area contributed by atoms with Gasteiger partial charge in [-0.1, -0.05) is 27.7 Å². The lowest BCUT2D eigenvalue weighted by Crippen LogP contribution is -2.61. The number of hydrogen-bond acceptors (Lipinski definition) is 12. The van der Waals surface area contributed by atoms with Crippen molar-refractivity contribution in [2.24, 2.45) is 52.3 Å². The molecule has 21 atom stereocenters. The Balaban J connectivity index is 0.889. The van der Waals surface area contributed by atoms with Crippen molar-refractivity contribution in [1.29, 1.82) is 0 Å². The molecule has 0 amide bonds. The Morgan fingerprint density at radius 3 is 2.24 bits per heavy atom. The van der Waals surface area contributed by atoms with E-state index in [2.05, 4.69) is 27.7 Å². The molecule has 0 aromatic rings. The highest BCUT2D eigenvalue weighted by Crippen LogP contribution is 2.71. The maximum atomic E-state index is 10.9. The molecule has 0 bridgehead atoms. The third-order valence-corrected chi connectivity index (χ3v) is 15.8. The number of rotatable bonds is 5. The van der Waals surface area contributed by atoms with Crippen molar-refractivity contribution in [3.8, 4) is 0 Å². The predicted molar refractivity (Wildman–Crippen MR) is 177 cm³/mol. The van der Waals surface area contributed by atoms with Gasteiger partial charge in [0.1, 0.15) is 42.7 Å². The van der Waals surface area contributed by atoms with E-state index in [1.54, 1.807) is 0 Å². The zero-order valence-corrected chi connectivity index (χ0v) is 30.2. The monoisotopic (exact) mass is 710 g/mol. The highest BCUT2D eigenvalue weighted by Gasteiger charge is 2.69. The molecule has 0 radical (unpaired) electrons. The zero-order valence-electron chi connectivity index (χ0n) is 30.2. The van der Waals surface area contributed by atoms with E-state index in [0.29, 0.717) is 47.5 Å². The summed E-state index contributed by atoms with van der Waals surface area (Å²) in [6, 6.07) is 0. The fourth-order valence-electron chi connectivity index (χ4n) is 12.8.